The van der Waals surface area contributed by atoms with Gasteiger partial charge in [0.1, 0.15) is 5.82 Å². The number of benzene rings is 2. The highest BCUT2D eigenvalue weighted by atomic mass is 32.2. The molecule has 2 aromatic rings. The number of halogens is 1. The van der Waals surface area contributed by atoms with E-state index >= 15 is 0 Å². The van der Waals surface area contributed by atoms with Crippen LogP contribution in [0.25, 0.3) is 0 Å². The molecule has 148 valence electrons. The summed E-state index contributed by atoms with van der Waals surface area (Å²) >= 11 is 1.67. The molecule has 27 heavy (non-hydrogen) atoms. The van der Waals surface area contributed by atoms with E-state index in [1.165, 1.54) is 42.6 Å². The van der Waals surface area contributed by atoms with Gasteiger partial charge in [-0.3, -0.25) is 9.62 Å². The van der Waals surface area contributed by atoms with E-state index in [1.807, 2.05) is 7.11 Å². The van der Waals surface area contributed by atoms with E-state index in [2.05, 4.69) is 47.1 Å². The summed E-state index contributed by atoms with van der Waals surface area (Å²) in [5, 5.41) is 0. The zero-order valence-electron chi connectivity index (χ0n) is 16.5. The fraction of sp³-hybridized carbons (Fsp3) is 0.455. The lowest BCUT2D eigenvalue weighted by Crippen LogP contribution is -2.38. The molecule has 1 heterocycles. The Bertz CT molecular complexity index is 639. The van der Waals surface area contributed by atoms with Crippen molar-refractivity contribution >= 4 is 11.9 Å². The molecule has 3 rings (SSSR count). The van der Waals surface area contributed by atoms with Gasteiger partial charge in [0.15, 0.2) is 0 Å². The Morgan fingerprint density at radius 1 is 1.19 bits per heavy atom. The van der Waals surface area contributed by atoms with Crippen LogP contribution in [0.2, 0.25) is 0 Å². The quantitative estimate of drug-likeness (QED) is 0.698. The van der Waals surface area contributed by atoms with Crippen molar-refractivity contribution in [2.24, 2.45) is 0 Å². The van der Waals surface area contributed by atoms with Crippen LogP contribution in [0.1, 0.15) is 36.9 Å². The molecule has 0 aliphatic carbocycles. The second-order valence-electron chi connectivity index (χ2n) is 6.82. The first-order valence-corrected chi connectivity index (χ1v) is 10.7. The number of rotatable bonds is 6. The number of nitrogens with one attached hydrogen (secondary N) is 1. The van der Waals surface area contributed by atoms with Crippen LogP contribution < -0.4 is 4.72 Å². The Labute approximate surface area is 167 Å². The van der Waals surface area contributed by atoms with Crippen LogP contribution in [-0.4, -0.2) is 37.5 Å². The molecule has 1 aliphatic rings. The molecule has 1 aliphatic heterocycles. The molecular weight excluding hydrogens is 359 g/mol. The van der Waals surface area contributed by atoms with E-state index in [-0.39, 0.29) is 5.82 Å². The van der Waals surface area contributed by atoms with Crippen LogP contribution in [0.15, 0.2) is 54.6 Å². The topological polar surface area (TPSA) is 24.5 Å². The third-order valence-corrected chi connectivity index (χ3v) is 5.30. The first kappa shape index (κ1) is 21.9. The monoisotopic (exact) mass is 390 g/mol. The highest BCUT2D eigenvalue weighted by Gasteiger charge is 2.19. The average molecular weight is 391 g/mol. The van der Waals surface area contributed by atoms with Crippen LogP contribution in [0.4, 0.5) is 4.39 Å². The smallest absolute Gasteiger partial charge is 0.123 e. The zero-order valence-corrected chi connectivity index (χ0v) is 17.3. The lowest BCUT2D eigenvalue weighted by atomic mass is 10.0. The maximum atomic E-state index is 11.9. The van der Waals surface area contributed by atoms with Crippen molar-refractivity contribution in [1.82, 2.24) is 9.62 Å². The van der Waals surface area contributed by atoms with E-state index in [0.29, 0.717) is 12.1 Å². The Morgan fingerprint density at radius 3 is 2.44 bits per heavy atom. The van der Waals surface area contributed by atoms with Gasteiger partial charge in [-0.1, -0.05) is 54.4 Å². The Hall–Kier alpha value is -1.40. The molecule has 2 atom stereocenters. The number of nitrogens with zero attached hydrogens (tertiary/aromatic N) is 1. The van der Waals surface area contributed by atoms with E-state index in [9.17, 15) is 4.39 Å². The van der Waals surface area contributed by atoms with Gasteiger partial charge in [-0.05, 0) is 55.8 Å². The Morgan fingerprint density at radius 2 is 1.89 bits per heavy atom. The second kappa shape index (κ2) is 12.1. The van der Waals surface area contributed by atoms with Crippen molar-refractivity contribution in [2.75, 3.05) is 26.5 Å². The fourth-order valence-electron chi connectivity index (χ4n) is 3.18. The number of hydrogen-bond acceptors (Lipinski definition) is 4. The van der Waals surface area contributed by atoms with Gasteiger partial charge in [0.2, 0.25) is 0 Å². The van der Waals surface area contributed by atoms with E-state index in [0.717, 1.165) is 13.1 Å². The van der Waals surface area contributed by atoms with Gasteiger partial charge < -0.3 is 4.74 Å². The SMILES string of the molecule is COC1CCCN(Cc2ccc(C(C)NSC)cc2)C1.Fc1ccccc1. The summed E-state index contributed by atoms with van der Waals surface area (Å²) in [6.45, 7) is 5.47. The van der Waals surface area contributed by atoms with Crippen LogP contribution in [0.5, 0.6) is 0 Å². The summed E-state index contributed by atoms with van der Waals surface area (Å²) in [4.78, 5) is 2.50. The minimum Gasteiger partial charge on any atom is -0.380 e. The normalized spacial score (nSPS) is 18.4. The van der Waals surface area contributed by atoms with Crippen LogP contribution >= 0.6 is 11.9 Å². The molecule has 3 nitrogen and oxygen atoms in total. The van der Waals surface area contributed by atoms with Gasteiger partial charge in [0, 0.05) is 26.2 Å². The molecule has 0 spiro atoms. The van der Waals surface area contributed by atoms with Crippen molar-refractivity contribution in [1.29, 1.82) is 0 Å². The summed E-state index contributed by atoms with van der Waals surface area (Å²) in [6.07, 6.45) is 4.91. The maximum Gasteiger partial charge on any atom is 0.123 e. The minimum atomic E-state index is -0.178. The zero-order chi connectivity index (χ0) is 19.5. The molecular formula is C22H31FN2OS. The van der Waals surface area contributed by atoms with E-state index < -0.39 is 0 Å². The molecule has 0 aromatic heterocycles. The number of likely N-dealkylation sites (tertiary alicyclic amines) is 1. The highest BCUT2D eigenvalue weighted by molar-refractivity contribution is 7.96. The van der Waals surface area contributed by atoms with Gasteiger partial charge >= 0.3 is 0 Å². The van der Waals surface area contributed by atoms with Crippen LogP contribution in [0.3, 0.4) is 0 Å². The van der Waals surface area contributed by atoms with Crippen LogP contribution in [0, 0.1) is 5.82 Å². The molecule has 2 unspecified atom stereocenters. The number of methoxy groups -OCH3 is 1. The lowest BCUT2D eigenvalue weighted by molar-refractivity contribution is 0.0285. The molecule has 1 saturated heterocycles. The first-order chi connectivity index (χ1) is 13.1. The highest BCUT2D eigenvalue weighted by Crippen LogP contribution is 2.18. The first-order valence-electron chi connectivity index (χ1n) is 9.45. The standard InChI is InChI=1S/C16H26N2OS.C6H5F/c1-13(17-20-3)15-8-6-14(7-9-15)11-18-10-4-5-16(12-18)19-2;7-6-4-2-1-3-5-6/h6-9,13,16-17H,4-5,10-12H2,1-3H3;1-5H. The lowest BCUT2D eigenvalue weighted by Gasteiger charge is -2.31. The third kappa shape index (κ3) is 8.01. The van der Waals surface area contributed by atoms with Gasteiger partial charge in [-0.2, -0.15) is 0 Å². The Kier molecular flexibility index (Phi) is 9.84. The summed E-state index contributed by atoms with van der Waals surface area (Å²) in [6, 6.07) is 17.3. The molecule has 0 bridgehead atoms. The number of ether oxygens (including phenoxy) is 1. The molecule has 2 aromatic carbocycles. The Balaban J connectivity index is 0.000000313. The fourth-order valence-corrected chi connectivity index (χ4v) is 3.67. The molecule has 0 saturated carbocycles. The van der Waals surface area contributed by atoms with Crippen molar-refractivity contribution < 1.29 is 9.13 Å². The summed E-state index contributed by atoms with van der Waals surface area (Å²) in [5.74, 6) is -0.178. The van der Waals surface area contributed by atoms with Crippen molar-refractivity contribution in [2.45, 2.75) is 38.5 Å². The minimum absolute atomic E-state index is 0.178. The van der Waals surface area contributed by atoms with Gasteiger partial charge in [0.05, 0.1) is 6.10 Å². The predicted molar refractivity (Wildman–Crippen MR) is 113 cm³/mol. The largest absolute Gasteiger partial charge is 0.380 e. The molecule has 1 fully saturated rings. The average Bonchev–Trinajstić information content (AvgIpc) is 2.70. The summed E-state index contributed by atoms with van der Waals surface area (Å²) in [5.41, 5.74) is 2.73. The van der Waals surface area contributed by atoms with E-state index in [1.54, 1.807) is 30.1 Å². The van der Waals surface area contributed by atoms with Crippen LogP contribution in [-0.2, 0) is 11.3 Å². The predicted octanol–water partition coefficient (Wildman–Crippen LogP) is 5.05. The summed E-state index contributed by atoms with van der Waals surface area (Å²) in [7, 11) is 1.82. The van der Waals surface area contributed by atoms with E-state index in [4.69, 9.17) is 4.74 Å². The molecule has 0 radical (unpaired) electrons. The van der Waals surface area contributed by atoms with Gasteiger partial charge in [0.25, 0.3) is 0 Å². The number of hydrogen-bond donors (Lipinski definition) is 1. The van der Waals surface area contributed by atoms with Crippen molar-refractivity contribution in [3.05, 3.63) is 71.5 Å². The van der Waals surface area contributed by atoms with Gasteiger partial charge in [-0.25, -0.2) is 4.39 Å². The number of piperidine rings is 1. The van der Waals surface area contributed by atoms with Crippen molar-refractivity contribution in [3.8, 4) is 0 Å². The van der Waals surface area contributed by atoms with Crippen molar-refractivity contribution in [3.63, 3.8) is 0 Å². The maximum absolute atomic E-state index is 11.9. The molecule has 5 heteroatoms. The molecule has 1 N–H and O–H groups in total. The second-order valence-corrected chi connectivity index (χ2v) is 7.46. The van der Waals surface area contributed by atoms with Gasteiger partial charge in [-0.15, -0.1) is 0 Å². The third-order valence-electron chi connectivity index (χ3n) is 4.71. The summed E-state index contributed by atoms with van der Waals surface area (Å²) < 4.78 is 20.8. The molecule has 0 amide bonds.